The molecule has 5 heteroatoms. The molecule has 0 bridgehead atoms. The smallest absolute Gasteiger partial charge is 0.198 e. The van der Waals surface area contributed by atoms with Crippen molar-refractivity contribution in [1.82, 2.24) is 10.3 Å². The highest BCUT2D eigenvalue weighted by Crippen LogP contribution is 2.22. The summed E-state index contributed by atoms with van der Waals surface area (Å²) < 4.78 is 25.1. The average molecular weight is 276 g/mol. The number of hydrogen-bond donors (Lipinski definition) is 1. The van der Waals surface area contributed by atoms with Gasteiger partial charge in [0.05, 0.1) is 10.8 Å². The van der Waals surface area contributed by atoms with Crippen LogP contribution in [-0.4, -0.2) is 31.7 Å². The van der Waals surface area contributed by atoms with Gasteiger partial charge in [-0.3, -0.25) is 0 Å². The van der Waals surface area contributed by atoms with E-state index in [1.54, 1.807) is 6.07 Å². The molecule has 0 amide bonds. The number of pyridine rings is 1. The van der Waals surface area contributed by atoms with Crippen molar-refractivity contribution in [3.05, 3.63) is 36.4 Å². The molecule has 0 radical (unpaired) electrons. The van der Waals surface area contributed by atoms with Crippen molar-refractivity contribution in [2.45, 2.75) is 23.1 Å². The Morgan fingerprint density at radius 3 is 2.58 bits per heavy atom. The minimum atomic E-state index is -3.30. The fraction of sp³-hybridized carbons (Fsp3) is 0.357. The Hall–Kier alpha value is -1.46. The minimum absolute atomic E-state index is 0.207. The molecule has 1 aliphatic heterocycles. The van der Waals surface area contributed by atoms with Crippen LogP contribution in [0, 0.1) is 0 Å². The monoisotopic (exact) mass is 276 g/mol. The third-order valence-electron chi connectivity index (χ3n) is 3.59. The van der Waals surface area contributed by atoms with E-state index >= 15 is 0 Å². The Bertz CT molecular complexity index is 691. The van der Waals surface area contributed by atoms with Crippen molar-refractivity contribution >= 4 is 20.7 Å². The van der Waals surface area contributed by atoms with Crippen LogP contribution in [0.4, 0.5) is 0 Å². The standard InChI is InChI=1S/C14H16N2O2S/c17-19(18,12-7-9-15-10-8-12)14-6-5-11-3-1-2-4-13(11)16-14/h1-6,12,15H,7-10H2. The van der Waals surface area contributed by atoms with Crippen LogP contribution in [0.5, 0.6) is 0 Å². The van der Waals surface area contributed by atoms with Crippen molar-refractivity contribution in [1.29, 1.82) is 0 Å². The zero-order valence-electron chi connectivity index (χ0n) is 10.5. The maximum atomic E-state index is 12.5. The van der Waals surface area contributed by atoms with E-state index in [-0.39, 0.29) is 10.3 Å². The molecule has 1 saturated heterocycles. The Balaban J connectivity index is 2.02. The molecule has 0 aliphatic carbocycles. The number of aromatic nitrogens is 1. The van der Waals surface area contributed by atoms with Crippen LogP contribution in [0.1, 0.15) is 12.8 Å². The van der Waals surface area contributed by atoms with E-state index in [1.807, 2.05) is 30.3 Å². The van der Waals surface area contributed by atoms with Crippen molar-refractivity contribution < 1.29 is 8.42 Å². The van der Waals surface area contributed by atoms with E-state index in [2.05, 4.69) is 10.3 Å². The summed E-state index contributed by atoms with van der Waals surface area (Å²) in [5, 5.41) is 4.05. The van der Waals surface area contributed by atoms with Gasteiger partial charge in [0.1, 0.15) is 0 Å². The number of benzene rings is 1. The fourth-order valence-corrected chi connectivity index (χ4v) is 4.16. The van der Waals surface area contributed by atoms with Gasteiger partial charge in [0.25, 0.3) is 0 Å². The van der Waals surface area contributed by atoms with E-state index in [0.29, 0.717) is 12.8 Å². The van der Waals surface area contributed by atoms with Gasteiger partial charge in [0.15, 0.2) is 14.9 Å². The van der Waals surface area contributed by atoms with E-state index in [1.165, 1.54) is 0 Å². The summed E-state index contributed by atoms with van der Waals surface area (Å²) in [5.74, 6) is 0. The summed E-state index contributed by atoms with van der Waals surface area (Å²) in [7, 11) is -3.30. The lowest BCUT2D eigenvalue weighted by atomic mass is 10.2. The lowest BCUT2D eigenvalue weighted by molar-refractivity contribution is 0.495. The highest BCUT2D eigenvalue weighted by Gasteiger charge is 2.29. The van der Waals surface area contributed by atoms with E-state index in [0.717, 1.165) is 24.0 Å². The topological polar surface area (TPSA) is 59.1 Å². The van der Waals surface area contributed by atoms with Gasteiger partial charge >= 0.3 is 0 Å². The van der Waals surface area contributed by atoms with Crippen LogP contribution in [0.2, 0.25) is 0 Å². The van der Waals surface area contributed by atoms with Gasteiger partial charge in [-0.1, -0.05) is 18.2 Å². The molecule has 1 aliphatic rings. The molecule has 0 spiro atoms. The van der Waals surface area contributed by atoms with Gasteiger partial charge in [0.2, 0.25) is 0 Å². The predicted molar refractivity (Wildman–Crippen MR) is 74.8 cm³/mol. The van der Waals surface area contributed by atoms with Crippen LogP contribution >= 0.6 is 0 Å². The van der Waals surface area contributed by atoms with Gasteiger partial charge in [-0.25, -0.2) is 13.4 Å². The maximum absolute atomic E-state index is 12.5. The van der Waals surface area contributed by atoms with Crippen molar-refractivity contribution in [2.75, 3.05) is 13.1 Å². The van der Waals surface area contributed by atoms with Gasteiger partial charge in [-0.15, -0.1) is 0 Å². The largest absolute Gasteiger partial charge is 0.317 e. The molecule has 4 nitrogen and oxygen atoms in total. The SMILES string of the molecule is O=S(=O)(c1ccc2ccccc2n1)C1CCNCC1. The number of nitrogens with zero attached hydrogens (tertiary/aromatic N) is 1. The second kappa shape index (κ2) is 4.90. The Morgan fingerprint density at radius 2 is 1.79 bits per heavy atom. The molecule has 3 rings (SSSR count). The lowest BCUT2D eigenvalue weighted by Crippen LogP contribution is -2.36. The summed E-state index contributed by atoms with van der Waals surface area (Å²) in [6.07, 6.45) is 1.33. The number of fused-ring (bicyclic) bond motifs is 1. The minimum Gasteiger partial charge on any atom is -0.317 e. The third-order valence-corrected chi connectivity index (χ3v) is 5.75. The van der Waals surface area contributed by atoms with Crippen LogP contribution < -0.4 is 5.32 Å². The van der Waals surface area contributed by atoms with Crippen molar-refractivity contribution in [3.63, 3.8) is 0 Å². The molecule has 2 heterocycles. The summed E-state index contributed by atoms with van der Waals surface area (Å²) >= 11 is 0. The number of para-hydroxylation sites is 1. The highest BCUT2D eigenvalue weighted by molar-refractivity contribution is 7.92. The first-order valence-electron chi connectivity index (χ1n) is 6.48. The number of rotatable bonds is 2. The first kappa shape index (κ1) is 12.6. The number of hydrogen-bond acceptors (Lipinski definition) is 4. The molecule has 2 aromatic rings. The molecule has 1 N–H and O–H groups in total. The summed E-state index contributed by atoms with van der Waals surface area (Å²) in [6, 6.07) is 11.0. The van der Waals surface area contributed by atoms with Crippen molar-refractivity contribution in [2.24, 2.45) is 0 Å². The van der Waals surface area contributed by atoms with Crippen LogP contribution in [0.3, 0.4) is 0 Å². The van der Waals surface area contributed by atoms with Gasteiger partial charge in [-0.2, -0.15) is 0 Å². The molecular weight excluding hydrogens is 260 g/mol. The normalized spacial score (nSPS) is 17.7. The number of nitrogens with one attached hydrogen (secondary N) is 1. The maximum Gasteiger partial charge on any atom is 0.198 e. The Morgan fingerprint density at radius 1 is 1.05 bits per heavy atom. The molecular formula is C14H16N2O2S. The molecule has 19 heavy (non-hydrogen) atoms. The zero-order valence-corrected chi connectivity index (χ0v) is 11.4. The molecule has 100 valence electrons. The quantitative estimate of drug-likeness (QED) is 0.908. The Kier molecular flexibility index (Phi) is 3.24. The Labute approximate surface area is 112 Å². The second-order valence-electron chi connectivity index (χ2n) is 4.84. The lowest BCUT2D eigenvalue weighted by Gasteiger charge is -2.22. The van der Waals surface area contributed by atoms with Crippen LogP contribution in [0.15, 0.2) is 41.4 Å². The molecule has 0 atom stereocenters. The molecule has 1 aromatic carbocycles. The number of sulfone groups is 1. The molecule has 1 aromatic heterocycles. The third kappa shape index (κ3) is 2.35. The highest BCUT2D eigenvalue weighted by atomic mass is 32.2. The van der Waals surface area contributed by atoms with Gasteiger partial charge in [0, 0.05) is 5.39 Å². The summed E-state index contributed by atoms with van der Waals surface area (Å²) in [4.78, 5) is 4.31. The first-order valence-corrected chi connectivity index (χ1v) is 8.03. The average Bonchev–Trinajstić information content (AvgIpc) is 2.47. The zero-order chi connectivity index (χ0) is 13.3. The van der Waals surface area contributed by atoms with Crippen molar-refractivity contribution in [3.8, 4) is 0 Å². The van der Waals surface area contributed by atoms with Gasteiger partial charge in [-0.05, 0) is 44.1 Å². The predicted octanol–water partition coefficient (Wildman–Crippen LogP) is 1.76. The summed E-state index contributed by atoms with van der Waals surface area (Å²) in [6.45, 7) is 1.52. The number of piperidine rings is 1. The molecule has 0 saturated carbocycles. The first-order chi connectivity index (χ1) is 9.18. The summed E-state index contributed by atoms with van der Waals surface area (Å²) in [5.41, 5.74) is 0.734. The van der Waals surface area contributed by atoms with Gasteiger partial charge < -0.3 is 5.32 Å². The van der Waals surface area contributed by atoms with Crippen LogP contribution in [-0.2, 0) is 9.84 Å². The molecule has 0 unspecified atom stereocenters. The van der Waals surface area contributed by atoms with Crippen LogP contribution in [0.25, 0.3) is 10.9 Å². The van der Waals surface area contributed by atoms with E-state index in [4.69, 9.17) is 0 Å². The van der Waals surface area contributed by atoms with E-state index < -0.39 is 9.84 Å². The van der Waals surface area contributed by atoms with E-state index in [9.17, 15) is 8.42 Å². The second-order valence-corrected chi connectivity index (χ2v) is 7.01. The fourth-order valence-electron chi connectivity index (χ4n) is 2.48. The molecule has 1 fully saturated rings.